The Morgan fingerprint density at radius 2 is 1.70 bits per heavy atom. The number of carbonyl (C=O) groups excluding carboxylic acids is 3. The van der Waals surface area contributed by atoms with Crippen molar-refractivity contribution in [2.75, 3.05) is 11.4 Å². The van der Waals surface area contributed by atoms with Crippen LogP contribution in [-0.2, 0) is 4.79 Å². The highest BCUT2D eigenvalue weighted by molar-refractivity contribution is 6.19. The van der Waals surface area contributed by atoms with E-state index in [4.69, 9.17) is 0 Å². The molecule has 0 spiro atoms. The molecule has 6 nitrogen and oxygen atoms in total. The van der Waals surface area contributed by atoms with Crippen LogP contribution in [0.3, 0.4) is 0 Å². The second-order valence-corrected chi connectivity index (χ2v) is 7.50. The van der Waals surface area contributed by atoms with E-state index in [2.05, 4.69) is 5.32 Å². The Morgan fingerprint density at radius 3 is 2.47 bits per heavy atom. The zero-order chi connectivity index (χ0) is 20.8. The van der Waals surface area contributed by atoms with E-state index in [0.717, 1.165) is 15.7 Å². The highest BCUT2D eigenvalue weighted by atomic mass is 19.1. The number of nitrogens with zero attached hydrogens (tertiary/aromatic N) is 2. The number of fused-ring (bicyclic) bond motifs is 2. The molecule has 2 saturated heterocycles. The van der Waals surface area contributed by atoms with E-state index < -0.39 is 29.8 Å². The number of hydrogen-bond donors (Lipinski definition) is 1. The van der Waals surface area contributed by atoms with E-state index in [9.17, 15) is 18.8 Å². The van der Waals surface area contributed by atoms with Gasteiger partial charge in [0.2, 0.25) is 0 Å². The number of imide groups is 1. The maximum absolute atomic E-state index is 13.3. The second-order valence-electron chi connectivity index (χ2n) is 7.50. The molecule has 2 aliphatic rings. The molecule has 0 saturated carbocycles. The lowest BCUT2D eigenvalue weighted by Crippen LogP contribution is -2.65. The minimum absolute atomic E-state index is 0.253. The number of urea groups is 1. The first-order chi connectivity index (χ1) is 14.5. The molecule has 4 amide bonds. The first-order valence-corrected chi connectivity index (χ1v) is 9.73. The molecule has 1 N–H and O–H groups in total. The van der Waals surface area contributed by atoms with E-state index in [0.29, 0.717) is 18.5 Å². The molecule has 3 aromatic rings. The van der Waals surface area contributed by atoms with Crippen LogP contribution in [0.25, 0.3) is 10.8 Å². The Bertz CT molecular complexity index is 1180. The van der Waals surface area contributed by atoms with E-state index in [1.54, 1.807) is 6.07 Å². The van der Waals surface area contributed by atoms with Crippen molar-refractivity contribution in [3.8, 4) is 0 Å². The van der Waals surface area contributed by atoms with Crippen molar-refractivity contribution in [1.29, 1.82) is 0 Å². The molecular formula is C23H18FN3O3. The average molecular weight is 403 g/mol. The fourth-order valence-corrected chi connectivity index (χ4v) is 4.26. The molecule has 3 aromatic carbocycles. The van der Waals surface area contributed by atoms with Gasteiger partial charge in [-0.1, -0.05) is 30.3 Å². The van der Waals surface area contributed by atoms with Gasteiger partial charge >= 0.3 is 6.03 Å². The van der Waals surface area contributed by atoms with Gasteiger partial charge in [-0.25, -0.2) is 14.1 Å². The number of carbonyl (C=O) groups is 3. The summed E-state index contributed by atoms with van der Waals surface area (Å²) in [4.78, 5) is 41.5. The van der Waals surface area contributed by atoms with E-state index in [1.165, 1.54) is 29.2 Å². The van der Waals surface area contributed by atoms with Gasteiger partial charge < -0.3 is 10.2 Å². The maximum atomic E-state index is 13.3. The van der Waals surface area contributed by atoms with Gasteiger partial charge in [0.05, 0.1) is 11.7 Å². The summed E-state index contributed by atoms with van der Waals surface area (Å²) in [5.74, 6) is -1.20. The SMILES string of the molecule is O=C1NC2CCN(C(=O)c3ccc4ccccc4c3)C2C(=O)N1c1ccc(F)cc1. The fourth-order valence-electron chi connectivity index (χ4n) is 4.26. The topological polar surface area (TPSA) is 69.7 Å². The number of nitrogens with one attached hydrogen (secondary N) is 1. The van der Waals surface area contributed by atoms with Gasteiger partial charge in [-0.2, -0.15) is 0 Å². The van der Waals surface area contributed by atoms with Crippen LogP contribution in [-0.4, -0.2) is 41.4 Å². The molecule has 7 heteroatoms. The van der Waals surface area contributed by atoms with Crippen molar-refractivity contribution in [3.63, 3.8) is 0 Å². The van der Waals surface area contributed by atoms with Gasteiger partial charge in [-0.3, -0.25) is 9.59 Å². The molecule has 0 aliphatic carbocycles. The van der Waals surface area contributed by atoms with Gasteiger partial charge in [-0.15, -0.1) is 0 Å². The molecule has 0 radical (unpaired) electrons. The molecule has 2 heterocycles. The van der Waals surface area contributed by atoms with Crippen LogP contribution in [0.4, 0.5) is 14.9 Å². The summed E-state index contributed by atoms with van der Waals surface area (Å²) in [7, 11) is 0. The number of benzene rings is 3. The minimum atomic E-state index is -0.799. The Morgan fingerprint density at radius 1 is 0.967 bits per heavy atom. The normalized spacial score (nSPS) is 21.0. The number of halogens is 1. The van der Waals surface area contributed by atoms with Gasteiger partial charge in [0.25, 0.3) is 11.8 Å². The lowest BCUT2D eigenvalue weighted by atomic mass is 10.0. The van der Waals surface area contributed by atoms with Crippen molar-refractivity contribution >= 4 is 34.3 Å². The van der Waals surface area contributed by atoms with Gasteiger partial charge in [0.1, 0.15) is 11.9 Å². The largest absolute Gasteiger partial charge is 0.332 e. The highest BCUT2D eigenvalue weighted by Crippen LogP contribution is 2.29. The molecule has 5 rings (SSSR count). The summed E-state index contributed by atoms with van der Waals surface area (Å²) in [6.07, 6.45) is 0.499. The summed E-state index contributed by atoms with van der Waals surface area (Å²) in [6.45, 7) is 0.365. The van der Waals surface area contributed by atoms with Crippen molar-refractivity contribution in [2.24, 2.45) is 0 Å². The zero-order valence-corrected chi connectivity index (χ0v) is 15.9. The first-order valence-electron chi connectivity index (χ1n) is 9.73. The third-order valence-corrected chi connectivity index (χ3v) is 5.73. The van der Waals surface area contributed by atoms with Crippen LogP contribution in [0, 0.1) is 5.82 Å². The van der Waals surface area contributed by atoms with Crippen molar-refractivity contribution < 1.29 is 18.8 Å². The number of hydrogen-bond acceptors (Lipinski definition) is 3. The molecule has 30 heavy (non-hydrogen) atoms. The van der Waals surface area contributed by atoms with Crippen molar-refractivity contribution in [3.05, 3.63) is 78.1 Å². The summed E-state index contributed by atoms with van der Waals surface area (Å²) < 4.78 is 13.3. The van der Waals surface area contributed by atoms with Crippen molar-refractivity contribution in [2.45, 2.75) is 18.5 Å². The number of amides is 4. The van der Waals surface area contributed by atoms with Gasteiger partial charge in [-0.05, 0) is 53.6 Å². The zero-order valence-electron chi connectivity index (χ0n) is 15.9. The Kier molecular flexibility index (Phi) is 4.24. The Labute approximate surface area is 171 Å². The molecule has 0 aromatic heterocycles. The van der Waals surface area contributed by atoms with Gasteiger partial charge in [0, 0.05) is 12.1 Å². The second kappa shape index (κ2) is 6.95. The lowest BCUT2D eigenvalue weighted by Gasteiger charge is -2.36. The van der Waals surface area contributed by atoms with Crippen LogP contribution in [0.2, 0.25) is 0 Å². The molecular weight excluding hydrogens is 385 g/mol. The molecule has 2 unspecified atom stereocenters. The predicted molar refractivity (Wildman–Crippen MR) is 110 cm³/mol. The predicted octanol–water partition coefficient (Wildman–Crippen LogP) is 3.32. The molecule has 0 bridgehead atoms. The summed E-state index contributed by atoms with van der Waals surface area (Å²) in [5.41, 5.74) is 0.759. The minimum Gasteiger partial charge on any atom is -0.332 e. The van der Waals surface area contributed by atoms with E-state index >= 15 is 0 Å². The van der Waals surface area contributed by atoms with E-state index in [1.807, 2.05) is 36.4 Å². The third kappa shape index (κ3) is 2.90. The fraction of sp³-hybridized carbons (Fsp3) is 0.174. The summed E-state index contributed by atoms with van der Waals surface area (Å²) >= 11 is 0. The van der Waals surface area contributed by atoms with Gasteiger partial charge in [0.15, 0.2) is 0 Å². The Balaban J connectivity index is 1.47. The van der Waals surface area contributed by atoms with Crippen molar-refractivity contribution in [1.82, 2.24) is 10.2 Å². The standard InChI is InChI=1S/C23H18FN3O3/c24-17-7-9-18(10-8-17)27-22(29)20-19(25-23(27)30)11-12-26(20)21(28)16-6-5-14-3-1-2-4-15(14)13-16/h1-10,13,19-20H,11-12H2,(H,25,30). The van der Waals surface area contributed by atoms with Crippen LogP contribution in [0.5, 0.6) is 0 Å². The number of anilines is 1. The monoisotopic (exact) mass is 403 g/mol. The maximum Gasteiger partial charge on any atom is 0.329 e. The lowest BCUT2D eigenvalue weighted by molar-refractivity contribution is -0.122. The number of likely N-dealkylation sites (tertiary alicyclic amines) is 1. The molecule has 2 aliphatic heterocycles. The quantitative estimate of drug-likeness (QED) is 0.714. The molecule has 150 valence electrons. The van der Waals surface area contributed by atoms with Crippen LogP contribution >= 0.6 is 0 Å². The third-order valence-electron chi connectivity index (χ3n) is 5.73. The highest BCUT2D eigenvalue weighted by Gasteiger charge is 2.50. The van der Waals surface area contributed by atoms with Crippen LogP contribution < -0.4 is 10.2 Å². The average Bonchev–Trinajstić information content (AvgIpc) is 3.18. The molecule has 2 atom stereocenters. The van der Waals surface area contributed by atoms with E-state index in [-0.39, 0.29) is 11.6 Å². The van der Waals surface area contributed by atoms with Crippen LogP contribution in [0.1, 0.15) is 16.8 Å². The molecule has 2 fully saturated rings. The smallest absolute Gasteiger partial charge is 0.329 e. The first kappa shape index (κ1) is 18.3. The summed E-state index contributed by atoms with van der Waals surface area (Å²) in [6, 6.07) is 16.5. The Hall–Kier alpha value is -3.74. The van der Waals surface area contributed by atoms with Crippen LogP contribution in [0.15, 0.2) is 66.7 Å². The summed E-state index contributed by atoms with van der Waals surface area (Å²) in [5, 5.41) is 4.78. The number of rotatable bonds is 2.